The minimum atomic E-state index is -0.129. The molecule has 0 radical (unpaired) electrons. The van der Waals surface area contributed by atoms with E-state index in [0.717, 1.165) is 5.56 Å². The topological polar surface area (TPSA) is 59.2 Å². The van der Waals surface area contributed by atoms with Gasteiger partial charge in [-0.2, -0.15) is 0 Å². The Morgan fingerprint density at radius 3 is 2.52 bits per heavy atom. The molecule has 0 bridgehead atoms. The van der Waals surface area contributed by atoms with Gasteiger partial charge in [0.1, 0.15) is 0 Å². The third kappa shape index (κ3) is 3.21. The monoisotopic (exact) mass is 333 g/mol. The maximum absolute atomic E-state index is 13.1. The number of nitrogens with zero attached hydrogens (tertiary/aromatic N) is 3. The Bertz CT molecular complexity index is 919. The van der Waals surface area contributed by atoms with Gasteiger partial charge in [0.2, 0.25) is 0 Å². The van der Waals surface area contributed by atoms with Crippen molar-refractivity contribution in [3.63, 3.8) is 0 Å². The molecule has 3 aromatic rings. The van der Waals surface area contributed by atoms with Crippen molar-refractivity contribution < 1.29 is 9.32 Å². The van der Waals surface area contributed by atoms with Gasteiger partial charge in [-0.05, 0) is 13.0 Å². The van der Waals surface area contributed by atoms with Gasteiger partial charge >= 0.3 is 0 Å². The van der Waals surface area contributed by atoms with Crippen molar-refractivity contribution in [1.82, 2.24) is 15.0 Å². The average Bonchev–Trinajstić information content (AvgIpc) is 3.02. The fourth-order valence-electron chi connectivity index (χ4n) is 2.74. The molecule has 126 valence electrons. The van der Waals surface area contributed by atoms with E-state index >= 15 is 0 Å². The summed E-state index contributed by atoms with van der Waals surface area (Å²) in [7, 11) is 0. The highest BCUT2D eigenvalue weighted by Crippen LogP contribution is 2.27. The second-order valence-electron chi connectivity index (χ2n) is 5.66. The quantitative estimate of drug-likeness (QED) is 0.640. The van der Waals surface area contributed by atoms with Gasteiger partial charge in [0.25, 0.3) is 11.6 Å². The van der Waals surface area contributed by atoms with Gasteiger partial charge in [-0.25, -0.2) is 4.98 Å². The number of hydrogen-bond donors (Lipinski definition) is 0. The molecule has 0 spiro atoms. The summed E-state index contributed by atoms with van der Waals surface area (Å²) in [6.07, 6.45) is 3.39. The summed E-state index contributed by atoms with van der Waals surface area (Å²) in [5, 5.41) is 4.62. The van der Waals surface area contributed by atoms with Crippen molar-refractivity contribution in [3.05, 3.63) is 73.0 Å². The summed E-state index contributed by atoms with van der Waals surface area (Å²) in [5.41, 5.74) is 3.10. The molecule has 25 heavy (non-hydrogen) atoms. The molecule has 0 aliphatic carbocycles. The van der Waals surface area contributed by atoms with Crippen LogP contribution in [0.5, 0.6) is 0 Å². The minimum Gasteiger partial charge on any atom is -0.335 e. The molecule has 5 heteroatoms. The molecule has 5 nitrogen and oxygen atoms in total. The van der Waals surface area contributed by atoms with E-state index in [1.807, 2.05) is 30.3 Å². The molecule has 0 unspecified atom stereocenters. The zero-order chi connectivity index (χ0) is 17.8. The van der Waals surface area contributed by atoms with Crippen LogP contribution in [0.2, 0.25) is 0 Å². The number of carbonyl (C=O) groups is 1. The van der Waals surface area contributed by atoms with Crippen molar-refractivity contribution in [2.75, 3.05) is 13.1 Å². The highest BCUT2D eigenvalue weighted by Gasteiger charge is 2.22. The van der Waals surface area contributed by atoms with Gasteiger partial charge < -0.3 is 9.42 Å². The molecule has 0 fully saturated rings. The molecule has 2 heterocycles. The number of carbonyl (C=O) groups excluding carboxylic acids is 1. The van der Waals surface area contributed by atoms with Crippen LogP contribution in [0.25, 0.3) is 22.4 Å². The smallest absolute Gasteiger partial charge is 0.259 e. The molecule has 0 aliphatic rings. The third-order valence-electron chi connectivity index (χ3n) is 3.90. The molecule has 0 saturated carbocycles. The number of pyridine rings is 1. The van der Waals surface area contributed by atoms with E-state index in [2.05, 4.69) is 23.3 Å². The molecular weight excluding hydrogens is 314 g/mol. The molecule has 0 aliphatic heterocycles. The number of rotatable bonds is 6. The van der Waals surface area contributed by atoms with Crippen LogP contribution in [0.4, 0.5) is 0 Å². The average molecular weight is 333 g/mol. The van der Waals surface area contributed by atoms with Crippen molar-refractivity contribution >= 4 is 17.0 Å². The first-order chi connectivity index (χ1) is 12.2. The summed E-state index contributed by atoms with van der Waals surface area (Å²) in [6, 6.07) is 11.5. The number of aryl methyl sites for hydroxylation is 1. The Kier molecular flexibility index (Phi) is 4.75. The first-order valence-corrected chi connectivity index (χ1v) is 7.99. The Hall–Kier alpha value is -3.21. The Morgan fingerprint density at radius 1 is 1.20 bits per heavy atom. The van der Waals surface area contributed by atoms with E-state index in [1.165, 1.54) is 0 Å². The SMILES string of the molecule is C=CCN(CC=C)C(=O)c1cc(-c2ccccc2)nc2onc(C)c12. The second kappa shape index (κ2) is 7.13. The van der Waals surface area contributed by atoms with Gasteiger partial charge in [0, 0.05) is 18.7 Å². The van der Waals surface area contributed by atoms with Crippen molar-refractivity contribution in [1.29, 1.82) is 0 Å². The van der Waals surface area contributed by atoms with E-state index < -0.39 is 0 Å². The summed E-state index contributed by atoms with van der Waals surface area (Å²) >= 11 is 0. The normalized spacial score (nSPS) is 10.6. The predicted octanol–water partition coefficient (Wildman–Crippen LogP) is 4.01. The van der Waals surface area contributed by atoms with E-state index in [1.54, 1.807) is 30.0 Å². The highest BCUT2D eigenvalue weighted by molar-refractivity contribution is 6.07. The van der Waals surface area contributed by atoms with Gasteiger partial charge in [-0.3, -0.25) is 4.79 Å². The van der Waals surface area contributed by atoms with Crippen molar-refractivity contribution in [2.24, 2.45) is 0 Å². The van der Waals surface area contributed by atoms with E-state index in [0.29, 0.717) is 41.1 Å². The van der Waals surface area contributed by atoms with Crippen LogP contribution in [0, 0.1) is 6.92 Å². The zero-order valence-electron chi connectivity index (χ0n) is 14.1. The van der Waals surface area contributed by atoms with Crippen LogP contribution in [0.1, 0.15) is 16.1 Å². The maximum atomic E-state index is 13.1. The van der Waals surface area contributed by atoms with Crippen LogP contribution in [0.3, 0.4) is 0 Å². The molecule has 1 aromatic carbocycles. The van der Waals surface area contributed by atoms with Crippen LogP contribution >= 0.6 is 0 Å². The summed E-state index contributed by atoms with van der Waals surface area (Å²) < 4.78 is 5.33. The number of hydrogen-bond acceptors (Lipinski definition) is 4. The number of aromatic nitrogens is 2. The zero-order valence-corrected chi connectivity index (χ0v) is 14.1. The fourth-order valence-corrected chi connectivity index (χ4v) is 2.74. The summed E-state index contributed by atoms with van der Waals surface area (Å²) in [6.45, 7) is 10.1. The number of benzene rings is 1. The first-order valence-electron chi connectivity index (χ1n) is 7.99. The lowest BCUT2D eigenvalue weighted by Crippen LogP contribution is -2.31. The lowest BCUT2D eigenvalue weighted by atomic mass is 10.0. The van der Waals surface area contributed by atoms with Crippen LogP contribution in [-0.4, -0.2) is 34.0 Å². The lowest BCUT2D eigenvalue weighted by Gasteiger charge is -2.20. The summed E-state index contributed by atoms with van der Waals surface area (Å²) in [5.74, 6) is -0.129. The molecule has 1 amide bonds. The van der Waals surface area contributed by atoms with E-state index in [-0.39, 0.29) is 5.91 Å². The standard InChI is InChI=1S/C20H19N3O2/c1-4-11-23(12-5-2)20(24)16-13-17(15-9-7-6-8-10-15)21-19-18(16)14(3)22-25-19/h4-10,13H,1-2,11-12H2,3H3. The minimum absolute atomic E-state index is 0.129. The largest absolute Gasteiger partial charge is 0.335 e. The third-order valence-corrected chi connectivity index (χ3v) is 3.90. The molecular formula is C20H19N3O2. The molecule has 0 saturated heterocycles. The molecule has 3 rings (SSSR count). The van der Waals surface area contributed by atoms with E-state index in [4.69, 9.17) is 4.52 Å². The second-order valence-corrected chi connectivity index (χ2v) is 5.66. The van der Waals surface area contributed by atoms with Crippen molar-refractivity contribution in [2.45, 2.75) is 6.92 Å². The fraction of sp³-hybridized carbons (Fsp3) is 0.150. The molecule has 2 aromatic heterocycles. The predicted molar refractivity (Wildman–Crippen MR) is 98.3 cm³/mol. The Balaban J connectivity index is 2.18. The van der Waals surface area contributed by atoms with Crippen LogP contribution < -0.4 is 0 Å². The lowest BCUT2D eigenvalue weighted by molar-refractivity contribution is 0.0792. The van der Waals surface area contributed by atoms with Crippen LogP contribution in [0.15, 0.2) is 66.2 Å². The van der Waals surface area contributed by atoms with Crippen molar-refractivity contribution in [3.8, 4) is 11.3 Å². The molecule has 0 atom stereocenters. The summed E-state index contributed by atoms with van der Waals surface area (Å²) in [4.78, 5) is 19.3. The van der Waals surface area contributed by atoms with Gasteiger partial charge in [-0.15, -0.1) is 13.2 Å². The van der Waals surface area contributed by atoms with Gasteiger partial charge in [0.15, 0.2) is 0 Å². The highest BCUT2D eigenvalue weighted by atomic mass is 16.5. The maximum Gasteiger partial charge on any atom is 0.259 e. The van der Waals surface area contributed by atoms with Gasteiger partial charge in [-0.1, -0.05) is 47.6 Å². The van der Waals surface area contributed by atoms with E-state index in [9.17, 15) is 4.79 Å². The van der Waals surface area contributed by atoms with Crippen LogP contribution in [-0.2, 0) is 0 Å². The van der Waals surface area contributed by atoms with Gasteiger partial charge in [0.05, 0.1) is 22.3 Å². The Morgan fingerprint density at radius 2 is 1.88 bits per heavy atom. The first kappa shape index (κ1) is 16.6. The molecule has 0 N–H and O–H groups in total. The number of amides is 1. The Labute approximate surface area is 146 Å². The number of fused-ring (bicyclic) bond motifs is 1.